The van der Waals surface area contributed by atoms with Crippen molar-refractivity contribution in [2.24, 2.45) is 0 Å². The highest BCUT2D eigenvalue weighted by molar-refractivity contribution is 6.30. The number of hydrogen-bond donors (Lipinski definition) is 1. The van der Waals surface area contributed by atoms with Crippen LogP contribution >= 0.6 is 11.6 Å². The fourth-order valence-electron chi connectivity index (χ4n) is 3.71. The Labute approximate surface area is 153 Å². The molecule has 0 amide bonds. The molecule has 1 saturated heterocycles. The van der Waals surface area contributed by atoms with Crippen molar-refractivity contribution in [2.75, 3.05) is 26.2 Å². The van der Waals surface area contributed by atoms with E-state index in [9.17, 15) is 0 Å². The molecule has 1 atom stereocenters. The standard InChI is InChI=1S/C21H22ClN3/c22-17-8-6-16(7-9-17)21(25-14-3-11-23-13-15-25)19-10-12-24-20-5-2-1-4-18(19)20/h1-2,4-10,12,21,23H,3,11,13-15H2. The van der Waals surface area contributed by atoms with Gasteiger partial charge in [0.2, 0.25) is 0 Å². The Morgan fingerprint density at radius 1 is 0.960 bits per heavy atom. The molecule has 2 aromatic carbocycles. The van der Waals surface area contributed by atoms with E-state index in [1.54, 1.807) is 0 Å². The quantitative estimate of drug-likeness (QED) is 0.763. The van der Waals surface area contributed by atoms with Gasteiger partial charge in [-0.05, 0) is 48.4 Å². The molecule has 0 spiro atoms. The molecule has 1 aliphatic rings. The van der Waals surface area contributed by atoms with E-state index >= 15 is 0 Å². The molecule has 1 aliphatic heterocycles. The lowest BCUT2D eigenvalue weighted by Gasteiger charge is -2.32. The molecular weight excluding hydrogens is 330 g/mol. The summed E-state index contributed by atoms with van der Waals surface area (Å²) in [6.45, 7) is 4.22. The van der Waals surface area contributed by atoms with Crippen molar-refractivity contribution in [3.63, 3.8) is 0 Å². The smallest absolute Gasteiger partial charge is 0.0705 e. The van der Waals surface area contributed by atoms with Crippen LogP contribution in [0.3, 0.4) is 0 Å². The molecule has 4 heteroatoms. The van der Waals surface area contributed by atoms with Gasteiger partial charge >= 0.3 is 0 Å². The van der Waals surface area contributed by atoms with Crippen LogP contribution in [0.1, 0.15) is 23.6 Å². The highest BCUT2D eigenvalue weighted by Gasteiger charge is 2.24. The zero-order valence-electron chi connectivity index (χ0n) is 14.2. The first-order valence-corrected chi connectivity index (χ1v) is 9.24. The number of fused-ring (bicyclic) bond motifs is 1. The van der Waals surface area contributed by atoms with Gasteiger partial charge in [-0.2, -0.15) is 0 Å². The largest absolute Gasteiger partial charge is 0.315 e. The summed E-state index contributed by atoms with van der Waals surface area (Å²) in [5, 5.41) is 5.51. The second kappa shape index (κ2) is 7.52. The van der Waals surface area contributed by atoms with Gasteiger partial charge in [0.15, 0.2) is 0 Å². The van der Waals surface area contributed by atoms with Crippen LogP contribution < -0.4 is 5.32 Å². The van der Waals surface area contributed by atoms with E-state index in [0.717, 1.165) is 43.1 Å². The number of nitrogens with one attached hydrogen (secondary N) is 1. The second-order valence-corrected chi connectivity index (χ2v) is 6.95. The van der Waals surface area contributed by atoms with Gasteiger partial charge in [0.25, 0.3) is 0 Å². The highest BCUT2D eigenvalue weighted by atomic mass is 35.5. The Morgan fingerprint density at radius 2 is 1.80 bits per heavy atom. The molecule has 1 fully saturated rings. The van der Waals surface area contributed by atoms with Crippen molar-refractivity contribution < 1.29 is 0 Å². The molecule has 128 valence electrons. The Morgan fingerprint density at radius 3 is 2.68 bits per heavy atom. The lowest BCUT2D eigenvalue weighted by atomic mass is 9.94. The van der Waals surface area contributed by atoms with E-state index < -0.39 is 0 Å². The first kappa shape index (κ1) is 16.5. The van der Waals surface area contributed by atoms with Gasteiger partial charge in [-0.15, -0.1) is 0 Å². The number of aromatic nitrogens is 1. The summed E-state index contributed by atoms with van der Waals surface area (Å²) in [6.07, 6.45) is 3.09. The number of nitrogens with zero attached hydrogens (tertiary/aromatic N) is 2. The number of benzene rings is 2. The van der Waals surface area contributed by atoms with E-state index in [4.69, 9.17) is 11.6 Å². The molecule has 2 heterocycles. The van der Waals surface area contributed by atoms with Gasteiger partial charge in [-0.1, -0.05) is 41.9 Å². The Hall–Kier alpha value is -1.94. The third-order valence-electron chi connectivity index (χ3n) is 4.90. The van der Waals surface area contributed by atoms with E-state index in [2.05, 4.69) is 51.6 Å². The van der Waals surface area contributed by atoms with Crippen molar-refractivity contribution in [3.8, 4) is 0 Å². The van der Waals surface area contributed by atoms with Crippen molar-refractivity contribution in [3.05, 3.63) is 76.9 Å². The van der Waals surface area contributed by atoms with E-state index in [1.165, 1.54) is 16.5 Å². The minimum Gasteiger partial charge on any atom is -0.315 e. The Bertz CT molecular complexity index is 834. The lowest BCUT2D eigenvalue weighted by Crippen LogP contribution is -2.33. The third kappa shape index (κ3) is 3.54. The predicted octanol–water partition coefficient (Wildman–Crippen LogP) is 4.27. The number of halogens is 1. The zero-order chi connectivity index (χ0) is 17.1. The number of hydrogen-bond acceptors (Lipinski definition) is 3. The summed E-state index contributed by atoms with van der Waals surface area (Å²) in [7, 11) is 0. The molecule has 0 bridgehead atoms. The van der Waals surface area contributed by atoms with Crippen LogP contribution in [-0.4, -0.2) is 36.1 Å². The molecule has 3 nitrogen and oxygen atoms in total. The van der Waals surface area contributed by atoms with Crippen molar-refractivity contribution in [1.29, 1.82) is 0 Å². The minimum absolute atomic E-state index is 0.213. The maximum Gasteiger partial charge on any atom is 0.0705 e. The van der Waals surface area contributed by atoms with E-state index in [0.29, 0.717) is 0 Å². The zero-order valence-corrected chi connectivity index (χ0v) is 14.9. The first-order chi connectivity index (χ1) is 12.3. The molecule has 25 heavy (non-hydrogen) atoms. The predicted molar refractivity (Wildman–Crippen MR) is 104 cm³/mol. The number of para-hydroxylation sites is 1. The van der Waals surface area contributed by atoms with Crippen LogP contribution in [0.15, 0.2) is 60.8 Å². The average molecular weight is 352 g/mol. The lowest BCUT2D eigenvalue weighted by molar-refractivity contribution is 0.242. The van der Waals surface area contributed by atoms with E-state index in [1.807, 2.05) is 24.4 Å². The molecule has 0 aliphatic carbocycles. The molecule has 0 saturated carbocycles. The van der Waals surface area contributed by atoms with E-state index in [-0.39, 0.29) is 6.04 Å². The topological polar surface area (TPSA) is 28.2 Å². The molecule has 4 rings (SSSR count). The van der Waals surface area contributed by atoms with Crippen LogP contribution in [0.2, 0.25) is 5.02 Å². The van der Waals surface area contributed by atoms with Gasteiger partial charge < -0.3 is 5.32 Å². The summed E-state index contributed by atoms with van der Waals surface area (Å²) < 4.78 is 0. The number of rotatable bonds is 3. The van der Waals surface area contributed by atoms with Crippen molar-refractivity contribution in [1.82, 2.24) is 15.2 Å². The highest BCUT2D eigenvalue weighted by Crippen LogP contribution is 2.33. The molecule has 0 radical (unpaired) electrons. The average Bonchev–Trinajstić information content (AvgIpc) is 2.93. The summed E-state index contributed by atoms with van der Waals surface area (Å²) in [5.41, 5.74) is 3.64. The fourth-order valence-corrected chi connectivity index (χ4v) is 3.84. The van der Waals surface area contributed by atoms with Crippen LogP contribution in [0.25, 0.3) is 10.9 Å². The van der Waals surface area contributed by atoms with Gasteiger partial charge in [0.05, 0.1) is 11.6 Å². The maximum absolute atomic E-state index is 6.14. The summed E-state index contributed by atoms with van der Waals surface area (Å²) >= 11 is 6.14. The molecule has 3 aromatic rings. The van der Waals surface area contributed by atoms with Crippen molar-refractivity contribution in [2.45, 2.75) is 12.5 Å². The molecular formula is C21H22ClN3. The monoisotopic (exact) mass is 351 g/mol. The summed E-state index contributed by atoms with van der Waals surface area (Å²) in [5.74, 6) is 0. The summed E-state index contributed by atoms with van der Waals surface area (Å²) in [4.78, 5) is 7.12. The molecule has 1 N–H and O–H groups in total. The third-order valence-corrected chi connectivity index (χ3v) is 5.15. The Balaban J connectivity index is 1.85. The van der Waals surface area contributed by atoms with Crippen LogP contribution in [0, 0.1) is 0 Å². The summed E-state index contributed by atoms with van der Waals surface area (Å²) in [6, 6.07) is 19.1. The normalized spacial score (nSPS) is 17.3. The SMILES string of the molecule is Clc1ccc(C(c2ccnc3ccccc23)N2CCCNCC2)cc1. The maximum atomic E-state index is 6.14. The van der Waals surface area contributed by atoms with Crippen LogP contribution in [-0.2, 0) is 0 Å². The first-order valence-electron chi connectivity index (χ1n) is 8.87. The molecule has 1 aromatic heterocycles. The van der Waals surface area contributed by atoms with Gasteiger partial charge in [-0.3, -0.25) is 9.88 Å². The van der Waals surface area contributed by atoms with Crippen LogP contribution in [0.4, 0.5) is 0 Å². The van der Waals surface area contributed by atoms with Crippen LogP contribution in [0.5, 0.6) is 0 Å². The fraction of sp³-hybridized carbons (Fsp3) is 0.286. The van der Waals surface area contributed by atoms with Gasteiger partial charge in [0.1, 0.15) is 0 Å². The van der Waals surface area contributed by atoms with Gasteiger partial charge in [-0.25, -0.2) is 0 Å². The molecule has 1 unspecified atom stereocenters. The minimum atomic E-state index is 0.213. The number of pyridine rings is 1. The second-order valence-electron chi connectivity index (χ2n) is 6.51. The van der Waals surface area contributed by atoms with Gasteiger partial charge in [0, 0.05) is 36.2 Å². The van der Waals surface area contributed by atoms with Crippen molar-refractivity contribution >= 4 is 22.5 Å². The Kier molecular flexibility index (Phi) is 4.97.